The third-order valence-electron chi connectivity index (χ3n) is 4.83. The van der Waals surface area contributed by atoms with Crippen molar-refractivity contribution in [3.05, 3.63) is 89.1 Å². The fourth-order valence-electron chi connectivity index (χ4n) is 3.26. The topological polar surface area (TPSA) is 32.3 Å². The summed E-state index contributed by atoms with van der Waals surface area (Å²) in [6.07, 6.45) is 0.243. The number of fused-ring (bicyclic) bond motifs is 1. The Morgan fingerprint density at radius 2 is 1.83 bits per heavy atom. The summed E-state index contributed by atoms with van der Waals surface area (Å²) < 4.78 is 0. The Balaban J connectivity index is 1.82. The molecule has 1 aliphatic rings. The fraction of sp³-hybridized carbons (Fsp3) is 0.238. The molecule has 0 aromatic heterocycles. The Labute approximate surface area is 138 Å². The van der Waals surface area contributed by atoms with Crippen molar-refractivity contribution in [2.45, 2.75) is 32.4 Å². The summed E-state index contributed by atoms with van der Waals surface area (Å²) in [5.74, 6) is 0. The normalized spacial score (nSPS) is 19.3. The zero-order chi connectivity index (χ0) is 16.6. The van der Waals surface area contributed by atoms with Crippen molar-refractivity contribution in [1.82, 2.24) is 5.32 Å². The maximum atomic E-state index is 10.4. The van der Waals surface area contributed by atoms with Gasteiger partial charge in [0.1, 0.15) is 0 Å². The Morgan fingerprint density at radius 1 is 1.09 bits per heavy atom. The minimum absolute atomic E-state index is 0.124. The molecule has 0 fully saturated rings. The lowest BCUT2D eigenvalue weighted by Crippen LogP contribution is -2.28. The number of hydrogen-bond donors (Lipinski definition) is 2. The Morgan fingerprint density at radius 3 is 2.61 bits per heavy atom. The Bertz CT molecular complexity index is 775. The number of allylic oxidation sites excluding steroid dienone is 1. The maximum Gasteiger partial charge on any atom is 0.0823 e. The Hall–Kier alpha value is -2.32. The second-order valence-corrected chi connectivity index (χ2v) is 6.30. The van der Waals surface area contributed by atoms with E-state index in [-0.39, 0.29) is 6.04 Å². The fourth-order valence-corrected chi connectivity index (χ4v) is 3.26. The van der Waals surface area contributed by atoms with E-state index in [0.29, 0.717) is 6.42 Å². The van der Waals surface area contributed by atoms with Crippen LogP contribution in [-0.4, -0.2) is 11.2 Å². The summed E-state index contributed by atoms with van der Waals surface area (Å²) in [6.45, 7) is 12.6. The first kappa shape index (κ1) is 15.6. The SMILES string of the molecule is C=C(NC1c2ccccc2CC1O)C(=C)c1cccc(C)c1C. The molecule has 2 heteroatoms. The van der Waals surface area contributed by atoms with Crippen LogP contribution in [0.15, 0.2) is 61.3 Å². The highest BCUT2D eigenvalue weighted by Crippen LogP contribution is 2.33. The zero-order valence-corrected chi connectivity index (χ0v) is 13.8. The molecule has 1 aliphatic carbocycles. The molecule has 2 unspecified atom stereocenters. The number of aliphatic hydroxyl groups excluding tert-OH is 1. The smallest absolute Gasteiger partial charge is 0.0823 e. The molecule has 0 radical (unpaired) electrons. The molecule has 0 amide bonds. The van der Waals surface area contributed by atoms with Gasteiger partial charge < -0.3 is 10.4 Å². The van der Waals surface area contributed by atoms with E-state index in [1.807, 2.05) is 18.2 Å². The molecule has 0 spiro atoms. The molecule has 2 N–H and O–H groups in total. The van der Waals surface area contributed by atoms with E-state index >= 15 is 0 Å². The van der Waals surface area contributed by atoms with Crippen LogP contribution in [0.3, 0.4) is 0 Å². The second-order valence-electron chi connectivity index (χ2n) is 6.30. The van der Waals surface area contributed by atoms with Crippen LogP contribution in [0.4, 0.5) is 0 Å². The monoisotopic (exact) mass is 305 g/mol. The maximum absolute atomic E-state index is 10.4. The van der Waals surface area contributed by atoms with Crippen molar-refractivity contribution >= 4 is 5.57 Å². The van der Waals surface area contributed by atoms with Crippen LogP contribution < -0.4 is 5.32 Å². The molecular weight excluding hydrogens is 282 g/mol. The molecule has 0 heterocycles. The van der Waals surface area contributed by atoms with Gasteiger partial charge in [0.2, 0.25) is 0 Å². The van der Waals surface area contributed by atoms with E-state index in [1.165, 1.54) is 16.7 Å². The first-order chi connectivity index (χ1) is 11.0. The van der Waals surface area contributed by atoms with Crippen molar-refractivity contribution in [3.8, 4) is 0 Å². The van der Waals surface area contributed by atoms with E-state index < -0.39 is 6.10 Å². The largest absolute Gasteiger partial charge is 0.390 e. The van der Waals surface area contributed by atoms with Crippen LogP contribution in [0.1, 0.15) is 33.9 Å². The summed E-state index contributed by atoms with van der Waals surface area (Å²) in [6, 6.07) is 14.2. The number of aliphatic hydroxyl groups is 1. The van der Waals surface area contributed by atoms with Gasteiger partial charge in [0.15, 0.2) is 0 Å². The number of nitrogens with one attached hydrogen (secondary N) is 1. The lowest BCUT2D eigenvalue weighted by molar-refractivity contribution is 0.147. The summed E-state index contributed by atoms with van der Waals surface area (Å²) >= 11 is 0. The highest BCUT2D eigenvalue weighted by Gasteiger charge is 2.31. The lowest BCUT2D eigenvalue weighted by Gasteiger charge is -2.23. The van der Waals surface area contributed by atoms with Crippen LogP contribution >= 0.6 is 0 Å². The van der Waals surface area contributed by atoms with Crippen molar-refractivity contribution in [3.63, 3.8) is 0 Å². The standard InChI is InChI=1S/C21H23NO/c1-13-8-7-11-18(14(13)2)15(3)16(4)22-21-19-10-6-5-9-17(19)12-20(21)23/h5-11,20-23H,3-4,12H2,1-2H3. The predicted molar refractivity (Wildman–Crippen MR) is 96.1 cm³/mol. The van der Waals surface area contributed by atoms with Gasteiger partial charge in [-0.05, 0) is 47.2 Å². The molecule has 2 aromatic carbocycles. The van der Waals surface area contributed by atoms with Gasteiger partial charge in [-0.2, -0.15) is 0 Å². The molecule has 0 saturated carbocycles. The van der Waals surface area contributed by atoms with E-state index in [0.717, 1.165) is 22.4 Å². The second kappa shape index (κ2) is 6.05. The van der Waals surface area contributed by atoms with Crippen LogP contribution in [0.2, 0.25) is 0 Å². The molecule has 23 heavy (non-hydrogen) atoms. The van der Waals surface area contributed by atoms with Gasteiger partial charge in [-0.15, -0.1) is 0 Å². The predicted octanol–water partition coefficient (Wildman–Crippen LogP) is 4.08. The van der Waals surface area contributed by atoms with Crippen molar-refractivity contribution in [1.29, 1.82) is 0 Å². The number of benzene rings is 2. The van der Waals surface area contributed by atoms with Crippen molar-refractivity contribution in [2.75, 3.05) is 0 Å². The van der Waals surface area contributed by atoms with Gasteiger partial charge in [0.25, 0.3) is 0 Å². The van der Waals surface area contributed by atoms with E-state index in [2.05, 4.69) is 56.6 Å². The molecule has 2 nitrogen and oxygen atoms in total. The van der Waals surface area contributed by atoms with Gasteiger partial charge in [-0.3, -0.25) is 0 Å². The summed E-state index contributed by atoms with van der Waals surface area (Å²) in [7, 11) is 0. The van der Waals surface area contributed by atoms with E-state index in [9.17, 15) is 5.11 Å². The highest BCUT2D eigenvalue weighted by atomic mass is 16.3. The van der Waals surface area contributed by atoms with Crippen molar-refractivity contribution in [2.24, 2.45) is 0 Å². The van der Waals surface area contributed by atoms with Gasteiger partial charge in [0, 0.05) is 12.1 Å². The first-order valence-electron chi connectivity index (χ1n) is 7.96. The summed E-state index contributed by atoms with van der Waals surface area (Å²) in [5.41, 5.74) is 7.54. The zero-order valence-electron chi connectivity index (χ0n) is 13.8. The third-order valence-corrected chi connectivity index (χ3v) is 4.83. The molecule has 2 atom stereocenters. The van der Waals surface area contributed by atoms with Gasteiger partial charge >= 0.3 is 0 Å². The van der Waals surface area contributed by atoms with Crippen LogP contribution in [0, 0.1) is 13.8 Å². The third kappa shape index (κ3) is 2.82. The van der Waals surface area contributed by atoms with Gasteiger partial charge in [-0.25, -0.2) is 0 Å². The average molecular weight is 305 g/mol. The lowest BCUT2D eigenvalue weighted by atomic mass is 9.96. The molecule has 0 saturated heterocycles. The van der Waals surface area contributed by atoms with E-state index in [1.54, 1.807) is 0 Å². The van der Waals surface area contributed by atoms with Gasteiger partial charge in [0.05, 0.1) is 12.1 Å². The molecular formula is C21H23NO. The summed E-state index contributed by atoms with van der Waals surface area (Å²) in [5, 5.41) is 13.8. The summed E-state index contributed by atoms with van der Waals surface area (Å²) in [4.78, 5) is 0. The molecule has 0 bridgehead atoms. The number of hydrogen-bond acceptors (Lipinski definition) is 2. The minimum Gasteiger partial charge on any atom is -0.390 e. The number of aryl methyl sites for hydroxylation is 1. The van der Waals surface area contributed by atoms with Gasteiger partial charge in [-0.1, -0.05) is 55.6 Å². The molecule has 118 valence electrons. The average Bonchev–Trinajstić information content (AvgIpc) is 2.85. The van der Waals surface area contributed by atoms with Crippen molar-refractivity contribution < 1.29 is 5.11 Å². The van der Waals surface area contributed by atoms with E-state index in [4.69, 9.17) is 0 Å². The Kier molecular flexibility index (Phi) is 4.10. The minimum atomic E-state index is -0.435. The van der Waals surface area contributed by atoms with Crippen LogP contribution in [-0.2, 0) is 6.42 Å². The van der Waals surface area contributed by atoms with Crippen LogP contribution in [0.25, 0.3) is 5.57 Å². The molecule has 2 aromatic rings. The van der Waals surface area contributed by atoms with Crippen LogP contribution in [0.5, 0.6) is 0 Å². The highest BCUT2D eigenvalue weighted by molar-refractivity contribution is 5.78. The first-order valence-corrected chi connectivity index (χ1v) is 7.96. The quantitative estimate of drug-likeness (QED) is 0.834. The molecule has 3 rings (SSSR count). The number of rotatable bonds is 4. The molecule has 0 aliphatic heterocycles.